The number of nitrogens with zero attached hydrogens (tertiary/aromatic N) is 1. The molecule has 0 aliphatic rings. The van der Waals surface area contributed by atoms with Crippen molar-refractivity contribution in [3.8, 4) is 0 Å². The minimum Gasteiger partial charge on any atom is -0.401 e. The molecule has 0 aromatic carbocycles. The lowest BCUT2D eigenvalue weighted by atomic mass is 10.1. The van der Waals surface area contributed by atoms with Gasteiger partial charge in [0.05, 0.1) is 5.70 Å². The lowest BCUT2D eigenvalue weighted by molar-refractivity contribution is 0.284. The molecule has 0 heterocycles. The molecule has 0 unspecified atom stereocenters. The van der Waals surface area contributed by atoms with Crippen LogP contribution in [-0.2, 0) is 0 Å². The number of nitrogens with two attached hydrogens (primary N) is 2. The van der Waals surface area contributed by atoms with Crippen LogP contribution in [0.15, 0.2) is 11.4 Å². The van der Waals surface area contributed by atoms with Gasteiger partial charge >= 0.3 is 0 Å². The maximum Gasteiger partial charge on any atom is 0.0500 e. The zero-order valence-corrected chi connectivity index (χ0v) is 9.46. The van der Waals surface area contributed by atoms with Crippen LogP contribution in [0.1, 0.15) is 34.6 Å². The van der Waals surface area contributed by atoms with E-state index in [1.54, 1.807) is 5.01 Å². The first kappa shape index (κ1) is 12.3. The van der Waals surface area contributed by atoms with E-state index in [-0.39, 0.29) is 0 Å². The van der Waals surface area contributed by atoms with Gasteiger partial charge in [-0.15, -0.1) is 0 Å². The van der Waals surface area contributed by atoms with Gasteiger partial charge in [0, 0.05) is 12.2 Å². The van der Waals surface area contributed by atoms with Gasteiger partial charge in [0.2, 0.25) is 0 Å². The minimum absolute atomic E-state index is 0.383. The average Bonchev–Trinajstić information content (AvgIpc) is 1.81. The summed E-state index contributed by atoms with van der Waals surface area (Å²) in [4.78, 5) is 0. The molecule has 0 bridgehead atoms. The molecule has 0 aromatic rings. The van der Waals surface area contributed by atoms with Crippen molar-refractivity contribution >= 4 is 0 Å². The number of hydrazine groups is 1. The highest BCUT2D eigenvalue weighted by Crippen LogP contribution is 2.15. The highest BCUT2D eigenvalue weighted by atomic mass is 15.4. The number of hydrogen-bond acceptors (Lipinski definition) is 3. The van der Waals surface area contributed by atoms with Crippen LogP contribution in [0.2, 0.25) is 0 Å². The molecule has 78 valence electrons. The molecule has 0 aliphatic heterocycles. The zero-order chi connectivity index (χ0) is 10.6. The van der Waals surface area contributed by atoms with Crippen molar-refractivity contribution in [1.82, 2.24) is 5.01 Å². The molecule has 0 spiro atoms. The van der Waals surface area contributed by atoms with Crippen LogP contribution in [0.5, 0.6) is 0 Å². The van der Waals surface area contributed by atoms with Crippen molar-refractivity contribution in [2.75, 3.05) is 6.54 Å². The average molecular weight is 185 g/mol. The molecular formula is C10H23N3. The van der Waals surface area contributed by atoms with Crippen molar-refractivity contribution in [1.29, 1.82) is 0 Å². The molecule has 0 aliphatic carbocycles. The van der Waals surface area contributed by atoms with E-state index >= 15 is 0 Å². The smallest absolute Gasteiger partial charge is 0.0500 e. The van der Waals surface area contributed by atoms with Gasteiger partial charge in [-0.25, -0.2) is 5.84 Å². The fourth-order valence-corrected chi connectivity index (χ4v) is 1.51. The SMILES string of the molecule is C/C(N)=C(\C(C)C)N(N)CC(C)C. The lowest BCUT2D eigenvalue weighted by Crippen LogP contribution is -2.37. The number of rotatable bonds is 4. The monoisotopic (exact) mass is 185 g/mol. The standard InChI is InChI=1S/C10H23N3/c1-7(2)6-13(12)10(8(3)4)9(5)11/h7-8H,6,11-12H2,1-5H3/b10-9-. The maximum atomic E-state index is 5.92. The van der Waals surface area contributed by atoms with Gasteiger partial charge in [-0.05, 0) is 18.8 Å². The summed E-state index contributed by atoms with van der Waals surface area (Å²) in [5.41, 5.74) is 7.64. The first-order valence-electron chi connectivity index (χ1n) is 4.84. The van der Waals surface area contributed by atoms with Gasteiger partial charge in [-0.3, -0.25) is 0 Å². The number of hydrogen-bond donors (Lipinski definition) is 2. The molecule has 3 nitrogen and oxygen atoms in total. The van der Waals surface area contributed by atoms with Crippen molar-refractivity contribution in [2.24, 2.45) is 23.4 Å². The van der Waals surface area contributed by atoms with E-state index < -0.39 is 0 Å². The van der Waals surface area contributed by atoms with E-state index in [2.05, 4.69) is 27.7 Å². The second kappa shape index (κ2) is 5.12. The lowest BCUT2D eigenvalue weighted by Gasteiger charge is -2.27. The van der Waals surface area contributed by atoms with Gasteiger partial charge in [0.15, 0.2) is 0 Å². The summed E-state index contributed by atoms with van der Waals surface area (Å²) in [6.07, 6.45) is 0. The van der Waals surface area contributed by atoms with E-state index in [1.807, 2.05) is 6.92 Å². The van der Waals surface area contributed by atoms with E-state index in [4.69, 9.17) is 11.6 Å². The molecule has 0 radical (unpaired) electrons. The summed E-state index contributed by atoms with van der Waals surface area (Å²) in [6.45, 7) is 11.2. The second-order valence-electron chi connectivity index (χ2n) is 4.27. The third kappa shape index (κ3) is 4.18. The quantitative estimate of drug-likeness (QED) is 0.517. The molecular weight excluding hydrogens is 162 g/mol. The van der Waals surface area contributed by atoms with Crippen molar-refractivity contribution in [2.45, 2.75) is 34.6 Å². The molecule has 0 saturated carbocycles. The normalized spacial score (nSPS) is 13.5. The van der Waals surface area contributed by atoms with Crippen LogP contribution in [0.25, 0.3) is 0 Å². The Balaban J connectivity index is 4.49. The molecule has 0 aromatic heterocycles. The fourth-order valence-electron chi connectivity index (χ4n) is 1.51. The third-order valence-electron chi connectivity index (χ3n) is 1.82. The van der Waals surface area contributed by atoms with Crippen molar-refractivity contribution in [3.05, 3.63) is 11.4 Å². The Hall–Kier alpha value is -0.700. The van der Waals surface area contributed by atoms with E-state index in [0.29, 0.717) is 11.8 Å². The largest absolute Gasteiger partial charge is 0.401 e. The Kier molecular flexibility index (Phi) is 4.85. The highest BCUT2D eigenvalue weighted by molar-refractivity contribution is 5.09. The molecule has 0 rings (SSSR count). The van der Waals surface area contributed by atoms with Crippen molar-refractivity contribution < 1.29 is 0 Å². The summed E-state index contributed by atoms with van der Waals surface area (Å²) in [5, 5.41) is 1.77. The Morgan fingerprint density at radius 3 is 1.92 bits per heavy atom. The van der Waals surface area contributed by atoms with Gasteiger partial charge < -0.3 is 10.7 Å². The van der Waals surface area contributed by atoms with E-state index in [9.17, 15) is 0 Å². The van der Waals surface area contributed by atoms with E-state index in [1.165, 1.54) is 0 Å². The molecule has 4 N–H and O–H groups in total. The summed E-state index contributed by atoms with van der Waals surface area (Å²) in [6, 6.07) is 0. The van der Waals surface area contributed by atoms with E-state index in [0.717, 1.165) is 17.9 Å². The van der Waals surface area contributed by atoms with Gasteiger partial charge in [-0.2, -0.15) is 0 Å². The molecule has 0 fully saturated rings. The van der Waals surface area contributed by atoms with Gasteiger partial charge in [0.25, 0.3) is 0 Å². The van der Waals surface area contributed by atoms with Crippen LogP contribution in [0.4, 0.5) is 0 Å². The summed E-state index contributed by atoms with van der Waals surface area (Å²) >= 11 is 0. The topological polar surface area (TPSA) is 55.3 Å². The van der Waals surface area contributed by atoms with Crippen LogP contribution in [0.3, 0.4) is 0 Å². The van der Waals surface area contributed by atoms with Crippen LogP contribution in [-0.4, -0.2) is 11.6 Å². The molecule has 13 heavy (non-hydrogen) atoms. The predicted molar refractivity (Wildman–Crippen MR) is 57.5 cm³/mol. The fraction of sp³-hybridized carbons (Fsp3) is 0.800. The first-order chi connectivity index (χ1) is 5.86. The summed E-state index contributed by atoms with van der Waals surface area (Å²) in [7, 11) is 0. The predicted octanol–water partition coefficient (Wildman–Crippen LogP) is 1.66. The zero-order valence-electron chi connectivity index (χ0n) is 9.46. The molecule has 3 heteroatoms. The Morgan fingerprint density at radius 1 is 1.23 bits per heavy atom. The van der Waals surface area contributed by atoms with Crippen LogP contribution in [0, 0.1) is 11.8 Å². The van der Waals surface area contributed by atoms with Gasteiger partial charge in [-0.1, -0.05) is 27.7 Å². The molecule has 0 amide bonds. The Bertz CT molecular complexity index is 179. The first-order valence-corrected chi connectivity index (χ1v) is 4.84. The second-order valence-corrected chi connectivity index (χ2v) is 4.27. The highest BCUT2D eigenvalue weighted by Gasteiger charge is 2.12. The molecule has 0 saturated heterocycles. The Morgan fingerprint density at radius 2 is 1.69 bits per heavy atom. The van der Waals surface area contributed by atoms with Crippen LogP contribution >= 0.6 is 0 Å². The number of allylic oxidation sites excluding steroid dienone is 2. The Labute approximate surface area is 81.7 Å². The maximum absolute atomic E-state index is 5.92. The van der Waals surface area contributed by atoms with Gasteiger partial charge in [0.1, 0.15) is 0 Å². The minimum atomic E-state index is 0.383. The summed E-state index contributed by atoms with van der Waals surface area (Å²) in [5.74, 6) is 6.85. The van der Waals surface area contributed by atoms with Crippen LogP contribution < -0.4 is 11.6 Å². The third-order valence-corrected chi connectivity index (χ3v) is 1.82. The summed E-state index contributed by atoms with van der Waals surface area (Å²) < 4.78 is 0. The van der Waals surface area contributed by atoms with Crippen molar-refractivity contribution in [3.63, 3.8) is 0 Å². The molecule has 0 atom stereocenters.